The highest BCUT2D eigenvalue weighted by atomic mass is 35.5. The first-order valence-electron chi connectivity index (χ1n) is 11.0. The second-order valence-corrected chi connectivity index (χ2v) is 8.48. The van der Waals surface area contributed by atoms with E-state index in [-0.39, 0.29) is 12.2 Å². The average molecular weight is 480 g/mol. The molecule has 0 bridgehead atoms. The molecule has 4 rings (SSSR count). The summed E-state index contributed by atoms with van der Waals surface area (Å²) >= 11 is 6.24. The van der Waals surface area contributed by atoms with Gasteiger partial charge >= 0.3 is 5.97 Å². The monoisotopic (exact) mass is 479 g/mol. The van der Waals surface area contributed by atoms with Crippen molar-refractivity contribution in [3.63, 3.8) is 0 Å². The van der Waals surface area contributed by atoms with Crippen LogP contribution in [0.4, 0.5) is 0 Å². The molecule has 0 aliphatic rings. The first-order valence-corrected chi connectivity index (χ1v) is 11.3. The molecule has 0 aliphatic carbocycles. The van der Waals surface area contributed by atoms with Gasteiger partial charge in [-0.1, -0.05) is 41.9 Å². The number of carbonyl (C=O) groups is 1. The van der Waals surface area contributed by atoms with Gasteiger partial charge in [0.25, 0.3) is 0 Å². The van der Waals surface area contributed by atoms with Crippen LogP contribution in [-0.4, -0.2) is 39.4 Å². The maximum Gasteiger partial charge on any atom is 0.339 e. The predicted molar refractivity (Wildman–Crippen MR) is 131 cm³/mol. The third-order valence-corrected chi connectivity index (χ3v) is 6.22. The van der Waals surface area contributed by atoms with Crippen LogP contribution in [0.5, 0.6) is 5.75 Å². The zero-order valence-electron chi connectivity index (χ0n) is 19.3. The molecule has 4 aromatic rings. The van der Waals surface area contributed by atoms with Crippen LogP contribution in [0.2, 0.25) is 5.02 Å². The van der Waals surface area contributed by atoms with E-state index in [2.05, 4.69) is 4.98 Å². The molecular formula is C26H26ClN3O4. The van der Waals surface area contributed by atoms with Gasteiger partial charge in [0.05, 0.1) is 35.7 Å². The fourth-order valence-corrected chi connectivity index (χ4v) is 4.16. The van der Waals surface area contributed by atoms with Crippen molar-refractivity contribution in [1.82, 2.24) is 14.6 Å². The van der Waals surface area contributed by atoms with E-state index in [1.165, 1.54) is 6.20 Å². The van der Waals surface area contributed by atoms with Gasteiger partial charge in [-0.2, -0.15) is 5.10 Å². The van der Waals surface area contributed by atoms with Crippen molar-refractivity contribution < 1.29 is 19.4 Å². The maximum absolute atomic E-state index is 12.0. The summed E-state index contributed by atoms with van der Waals surface area (Å²) in [7, 11) is 1.60. The van der Waals surface area contributed by atoms with Gasteiger partial charge in [-0.3, -0.25) is 0 Å². The van der Waals surface area contributed by atoms with Crippen LogP contribution >= 0.6 is 11.6 Å². The van der Waals surface area contributed by atoms with E-state index in [0.717, 1.165) is 33.0 Å². The molecule has 34 heavy (non-hydrogen) atoms. The Kier molecular flexibility index (Phi) is 7.14. The minimum atomic E-state index is -1.04. The highest BCUT2D eigenvalue weighted by Crippen LogP contribution is 2.30. The number of carboxylic acid groups (broad SMARTS) is 1. The van der Waals surface area contributed by atoms with Crippen LogP contribution < -0.4 is 4.74 Å². The molecule has 0 saturated heterocycles. The number of rotatable bonds is 9. The minimum absolute atomic E-state index is 0.122. The number of hydrogen-bond donors (Lipinski definition) is 1. The van der Waals surface area contributed by atoms with Gasteiger partial charge in [-0.25, -0.2) is 14.3 Å². The third kappa shape index (κ3) is 4.76. The van der Waals surface area contributed by atoms with Gasteiger partial charge < -0.3 is 14.6 Å². The van der Waals surface area contributed by atoms with Crippen LogP contribution in [0.25, 0.3) is 16.8 Å². The Morgan fingerprint density at radius 3 is 2.50 bits per heavy atom. The van der Waals surface area contributed by atoms with Gasteiger partial charge in [-0.15, -0.1) is 0 Å². The molecule has 2 aromatic carbocycles. The van der Waals surface area contributed by atoms with Crippen molar-refractivity contribution in [2.45, 2.75) is 33.3 Å². The van der Waals surface area contributed by atoms with Crippen LogP contribution in [0.3, 0.4) is 0 Å². The van der Waals surface area contributed by atoms with E-state index in [4.69, 9.17) is 26.2 Å². The zero-order valence-corrected chi connectivity index (χ0v) is 20.1. The van der Waals surface area contributed by atoms with Gasteiger partial charge in [0.1, 0.15) is 5.75 Å². The van der Waals surface area contributed by atoms with Gasteiger partial charge in [-0.05, 0) is 55.5 Å². The number of methoxy groups -OCH3 is 1. The standard InChI is InChI=1S/C26H26ClN3O4/c1-16-12-19(13-17(2)24(16)27)34-11-7-10-22-20(26(31)32)14-28-25-23(18-8-5-4-6-9-18)21(15-33-3)29-30(22)25/h4-6,8-9,12-14H,7,10-11,15H2,1-3H3,(H,31,32). The molecule has 1 N–H and O–H groups in total. The number of aryl methyl sites for hydroxylation is 3. The Bertz CT molecular complexity index is 1310. The van der Waals surface area contributed by atoms with Crippen molar-refractivity contribution in [3.05, 3.63) is 81.8 Å². The van der Waals surface area contributed by atoms with Crippen molar-refractivity contribution in [1.29, 1.82) is 0 Å². The van der Waals surface area contributed by atoms with Crippen LogP contribution in [-0.2, 0) is 17.8 Å². The van der Waals surface area contributed by atoms with Crippen molar-refractivity contribution in [2.24, 2.45) is 0 Å². The van der Waals surface area contributed by atoms with Crippen molar-refractivity contribution in [2.75, 3.05) is 13.7 Å². The summed E-state index contributed by atoms with van der Waals surface area (Å²) in [6, 6.07) is 13.6. The van der Waals surface area contributed by atoms with E-state index in [0.29, 0.717) is 36.5 Å². The molecule has 0 atom stereocenters. The van der Waals surface area contributed by atoms with E-state index in [1.54, 1.807) is 11.6 Å². The Labute approximate surface area is 202 Å². The molecule has 0 unspecified atom stereocenters. The van der Waals surface area contributed by atoms with E-state index in [1.807, 2.05) is 56.3 Å². The second kappa shape index (κ2) is 10.2. The number of ether oxygens (including phenoxy) is 2. The molecule has 8 heteroatoms. The molecular weight excluding hydrogens is 454 g/mol. The molecule has 2 heterocycles. The number of nitrogens with zero attached hydrogens (tertiary/aromatic N) is 3. The molecule has 2 aromatic heterocycles. The summed E-state index contributed by atoms with van der Waals surface area (Å²) in [6.07, 6.45) is 2.46. The van der Waals surface area contributed by atoms with Gasteiger partial charge in [0.15, 0.2) is 5.65 Å². The van der Waals surface area contributed by atoms with Gasteiger partial charge in [0.2, 0.25) is 0 Å². The highest BCUT2D eigenvalue weighted by molar-refractivity contribution is 6.32. The zero-order chi connectivity index (χ0) is 24.2. The maximum atomic E-state index is 12.0. The number of benzene rings is 2. The average Bonchev–Trinajstić information content (AvgIpc) is 3.19. The molecule has 0 fully saturated rings. The summed E-state index contributed by atoms with van der Waals surface area (Å²) in [4.78, 5) is 16.4. The van der Waals surface area contributed by atoms with Crippen LogP contribution in [0.15, 0.2) is 48.7 Å². The summed E-state index contributed by atoms with van der Waals surface area (Å²) in [5.41, 5.74) is 5.69. The van der Waals surface area contributed by atoms with E-state index < -0.39 is 5.97 Å². The lowest BCUT2D eigenvalue weighted by Crippen LogP contribution is -2.12. The summed E-state index contributed by atoms with van der Waals surface area (Å²) < 4.78 is 12.9. The Hall–Kier alpha value is -3.42. The number of aromatic carboxylic acids is 1. The first-order chi connectivity index (χ1) is 16.4. The van der Waals surface area contributed by atoms with E-state index in [9.17, 15) is 9.90 Å². The van der Waals surface area contributed by atoms with E-state index >= 15 is 0 Å². The summed E-state index contributed by atoms with van der Waals surface area (Å²) in [6.45, 7) is 4.58. The molecule has 0 aliphatic heterocycles. The molecule has 0 saturated carbocycles. The number of hydrogen-bond acceptors (Lipinski definition) is 5. The molecule has 0 radical (unpaired) electrons. The highest BCUT2D eigenvalue weighted by Gasteiger charge is 2.22. The topological polar surface area (TPSA) is 86.0 Å². The largest absolute Gasteiger partial charge is 0.494 e. The number of halogens is 1. The smallest absolute Gasteiger partial charge is 0.339 e. The fourth-order valence-electron chi connectivity index (χ4n) is 4.05. The number of aromatic nitrogens is 3. The van der Waals surface area contributed by atoms with Crippen molar-refractivity contribution in [3.8, 4) is 16.9 Å². The molecule has 0 spiro atoms. The normalized spacial score (nSPS) is 11.2. The second-order valence-electron chi connectivity index (χ2n) is 8.10. The fraction of sp³-hybridized carbons (Fsp3) is 0.269. The molecule has 0 amide bonds. The number of fused-ring (bicyclic) bond motifs is 1. The first kappa shape index (κ1) is 23.7. The lowest BCUT2D eigenvalue weighted by Gasteiger charge is -2.11. The summed E-state index contributed by atoms with van der Waals surface area (Å²) in [5, 5.41) is 15.2. The Morgan fingerprint density at radius 2 is 1.85 bits per heavy atom. The Balaban J connectivity index is 1.65. The number of carboxylic acids is 1. The van der Waals surface area contributed by atoms with Crippen LogP contribution in [0, 0.1) is 13.8 Å². The lowest BCUT2D eigenvalue weighted by atomic mass is 10.1. The van der Waals surface area contributed by atoms with Crippen molar-refractivity contribution >= 4 is 23.2 Å². The quantitative estimate of drug-likeness (QED) is 0.318. The molecule has 176 valence electrons. The predicted octanol–water partition coefficient (Wildman–Crippen LogP) is 5.52. The summed E-state index contributed by atoms with van der Waals surface area (Å²) in [5.74, 6) is -0.301. The SMILES string of the molecule is COCc1nn2c(CCCOc3cc(C)c(Cl)c(C)c3)c(C(=O)O)cnc2c1-c1ccccc1. The lowest BCUT2D eigenvalue weighted by molar-refractivity contribution is 0.0694. The van der Waals surface area contributed by atoms with Gasteiger partial charge in [0, 0.05) is 18.3 Å². The van der Waals surface area contributed by atoms with Crippen LogP contribution in [0.1, 0.15) is 39.3 Å². The third-order valence-electron chi connectivity index (χ3n) is 5.63. The molecule has 7 nitrogen and oxygen atoms in total. The Morgan fingerprint density at radius 1 is 1.15 bits per heavy atom. The minimum Gasteiger partial charge on any atom is -0.494 e.